The molecule has 0 saturated carbocycles. The fraction of sp³-hybridized carbons (Fsp3) is 0.579. The van der Waals surface area contributed by atoms with Crippen LogP contribution in [0.4, 0.5) is 0 Å². The van der Waals surface area contributed by atoms with Gasteiger partial charge in [0, 0.05) is 29.3 Å². The molecule has 0 aliphatic carbocycles. The molecule has 2 saturated heterocycles. The third-order valence-corrected chi connectivity index (χ3v) is 5.96. The monoisotopic (exact) mass is 312 g/mol. The van der Waals surface area contributed by atoms with Crippen LogP contribution < -0.4 is 11.1 Å². The second-order valence-electron chi connectivity index (χ2n) is 7.29. The predicted octanol–water partition coefficient (Wildman–Crippen LogP) is 2.63. The van der Waals surface area contributed by atoms with Crippen molar-refractivity contribution in [3.05, 3.63) is 36.0 Å². The van der Waals surface area contributed by atoms with Crippen LogP contribution >= 0.6 is 0 Å². The van der Waals surface area contributed by atoms with Gasteiger partial charge in [-0.05, 0) is 69.3 Å². The summed E-state index contributed by atoms with van der Waals surface area (Å²) in [4.78, 5) is 6.11. The third-order valence-electron chi connectivity index (χ3n) is 5.96. The van der Waals surface area contributed by atoms with Gasteiger partial charge in [0.25, 0.3) is 0 Å². The molecule has 4 atom stereocenters. The second-order valence-corrected chi connectivity index (χ2v) is 7.29. The molecule has 4 heteroatoms. The van der Waals surface area contributed by atoms with E-state index in [9.17, 15) is 0 Å². The molecule has 4 rings (SSSR count). The Hall–Kier alpha value is -1.36. The normalized spacial score (nSPS) is 32.1. The lowest BCUT2D eigenvalue weighted by Crippen LogP contribution is -2.41. The molecule has 3 heterocycles. The maximum absolute atomic E-state index is 5.84. The topological polar surface area (TPSA) is 57.1 Å². The van der Waals surface area contributed by atoms with E-state index >= 15 is 0 Å². The number of nitrogens with two attached hydrogens (primary N) is 1. The van der Waals surface area contributed by atoms with Crippen LogP contribution in [0.1, 0.15) is 37.4 Å². The van der Waals surface area contributed by atoms with E-state index in [1.165, 1.54) is 42.4 Å². The van der Waals surface area contributed by atoms with Crippen LogP contribution in [0.15, 0.2) is 30.3 Å². The van der Waals surface area contributed by atoms with Gasteiger partial charge < -0.3 is 20.9 Å². The van der Waals surface area contributed by atoms with Crippen molar-refractivity contribution in [3.8, 4) is 0 Å². The lowest BCUT2D eigenvalue weighted by molar-refractivity contribution is 0.230. The van der Waals surface area contributed by atoms with Crippen LogP contribution in [-0.2, 0) is 0 Å². The van der Waals surface area contributed by atoms with E-state index in [1.807, 2.05) is 0 Å². The van der Waals surface area contributed by atoms with Gasteiger partial charge in [0.2, 0.25) is 0 Å². The number of hydrogen-bond donors (Lipinski definition) is 3. The lowest BCUT2D eigenvalue weighted by Gasteiger charge is -2.29. The molecule has 2 aromatic rings. The highest BCUT2D eigenvalue weighted by Crippen LogP contribution is 2.37. The zero-order chi connectivity index (χ0) is 15.8. The molecule has 1 aromatic carbocycles. The fourth-order valence-corrected chi connectivity index (χ4v) is 4.75. The van der Waals surface area contributed by atoms with Gasteiger partial charge in [0.1, 0.15) is 0 Å². The van der Waals surface area contributed by atoms with Crippen LogP contribution in [0.5, 0.6) is 0 Å². The number of fused-ring (bicyclic) bond motifs is 1. The Labute approximate surface area is 138 Å². The van der Waals surface area contributed by atoms with Gasteiger partial charge in [-0.3, -0.25) is 0 Å². The summed E-state index contributed by atoms with van der Waals surface area (Å²) < 4.78 is 0. The van der Waals surface area contributed by atoms with Crippen molar-refractivity contribution in [1.29, 1.82) is 0 Å². The highest BCUT2D eigenvalue weighted by molar-refractivity contribution is 5.80. The summed E-state index contributed by atoms with van der Waals surface area (Å²) in [5.41, 5.74) is 8.43. The summed E-state index contributed by atoms with van der Waals surface area (Å²) in [6.07, 6.45) is 4.93. The average molecular weight is 312 g/mol. The summed E-state index contributed by atoms with van der Waals surface area (Å²) in [6, 6.07) is 12.6. The number of H-pyrrole nitrogens is 1. The maximum Gasteiger partial charge on any atom is 0.0476 e. The molecule has 0 amide bonds. The van der Waals surface area contributed by atoms with E-state index in [1.54, 1.807) is 0 Å². The zero-order valence-electron chi connectivity index (χ0n) is 14.0. The number of aromatic nitrogens is 1. The molecule has 4 unspecified atom stereocenters. The standard InChI is InChI=1S/C19H28N4/c1-23-11-9-14(19(23)8-10-20)16-6-7-17(22-16)18-12-13-4-2-3-5-15(13)21-18/h2-5,12,14,16-17,19,21-22H,6-11,20H2,1H3. The zero-order valence-corrected chi connectivity index (χ0v) is 14.0. The summed E-state index contributed by atoms with van der Waals surface area (Å²) >= 11 is 0. The van der Waals surface area contributed by atoms with E-state index in [4.69, 9.17) is 5.73 Å². The Bertz CT molecular complexity index is 631. The minimum Gasteiger partial charge on any atom is -0.357 e. The number of nitrogens with one attached hydrogen (secondary N) is 2. The van der Waals surface area contributed by atoms with Crippen molar-refractivity contribution in [3.63, 3.8) is 0 Å². The third kappa shape index (κ3) is 2.80. The van der Waals surface area contributed by atoms with Crippen molar-refractivity contribution >= 4 is 10.9 Å². The highest BCUT2D eigenvalue weighted by Gasteiger charge is 2.40. The van der Waals surface area contributed by atoms with Crippen molar-refractivity contribution in [1.82, 2.24) is 15.2 Å². The molecule has 1 aromatic heterocycles. The largest absolute Gasteiger partial charge is 0.357 e. The van der Waals surface area contributed by atoms with Crippen LogP contribution in [0.25, 0.3) is 10.9 Å². The summed E-state index contributed by atoms with van der Waals surface area (Å²) in [5, 5.41) is 5.23. The van der Waals surface area contributed by atoms with E-state index in [-0.39, 0.29) is 0 Å². The average Bonchev–Trinajstić information content (AvgIpc) is 3.26. The Morgan fingerprint density at radius 1 is 1.22 bits per heavy atom. The lowest BCUT2D eigenvalue weighted by atomic mass is 9.89. The number of hydrogen-bond acceptors (Lipinski definition) is 3. The minimum atomic E-state index is 0.469. The van der Waals surface area contributed by atoms with Gasteiger partial charge >= 0.3 is 0 Å². The Balaban J connectivity index is 1.48. The molecular weight excluding hydrogens is 284 g/mol. The van der Waals surface area contributed by atoms with E-state index in [0.717, 1.165) is 18.9 Å². The Morgan fingerprint density at radius 2 is 2.09 bits per heavy atom. The maximum atomic E-state index is 5.84. The summed E-state index contributed by atoms with van der Waals surface area (Å²) in [7, 11) is 2.25. The highest BCUT2D eigenvalue weighted by atomic mass is 15.2. The van der Waals surface area contributed by atoms with Crippen LogP contribution in [0.2, 0.25) is 0 Å². The number of nitrogens with zero attached hydrogens (tertiary/aromatic N) is 1. The number of rotatable bonds is 4. The van der Waals surface area contributed by atoms with Gasteiger partial charge in [0.05, 0.1) is 0 Å². The van der Waals surface area contributed by atoms with Crippen molar-refractivity contribution < 1.29 is 0 Å². The molecule has 124 valence electrons. The van der Waals surface area contributed by atoms with Gasteiger partial charge in [-0.1, -0.05) is 18.2 Å². The van der Waals surface area contributed by atoms with Gasteiger partial charge in [-0.2, -0.15) is 0 Å². The smallest absolute Gasteiger partial charge is 0.0476 e. The Morgan fingerprint density at radius 3 is 2.91 bits per heavy atom. The minimum absolute atomic E-state index is 0.469. The molecule has 23 heavy (non-hydrogen) atoms. The number of aromatic amines is 1. The fourth-order valence-electron chi connectivity index (χ4n) is 4.75. The molecule has 2 fully saturated rings. The first-order chi connectivity index (χ1) is 11.3. The Kier molecular flexibility index (Phi) is 4.14. The first-order valence-electron chi connectivity index (χ1n) is 9.00. The van der Waals surface area contributed by atoms with Gasteiger partial charge in [-0.25, -0.2) is 0 Å². The second kappa shape index (κ2) is 6.27. The summed E-state index contributed by atoms with van der Waals surface area (Å²) in [5.74, 6) is 0.748. The first kappa shape index (κ1) is 15.2. The van der Waals surface area contributed by atoms with Crippen LogP contribution in [0.3, 0.4) is 0 Å². The molecule has 4 nitrogen and oxygen atoms in total. The SMILES string of the molecule is CN1CCC(C2CCC(c3cc4ccccc4[nH]3)N2)C1CCN. The van der Waals surface area contributed by atoms with Gasteiger partial charge in [0.15, 0.2) is 0 Å². The van der Waals surface area contributed by atoms with E-state index in [2.05, 4.69) is 52.6 Å². The first-order valence-corrected chi connectivity index (χ1v) is 9.00. The molecule has 0 radical (unpaired) electrons. The molecule has 4 N–H and O–H groups in total. The van der Waals surface area contributed by atoms with Crippen LogP contribution in [-0.4, -0.2) is 42.1 Å². The molecular formula is C19H28N4. The number of para-hydroxylation sites is 1. The van der Waals surface area contributed by atoms with Crippen LogP contribution in [0, 0.1) is 5.92 Å². The molecule has 2 aliphatic heterocycles. The van der Waals surface area contributed by atoms with E-state index in [0.29, 0.717) is 18.1 Å². The quantitative estimate of drug-likeness (QED) is 0.813. The van der Waals surface area contributed by atoms with Gasteiger partial charge in [-0.15, -0.1) is 0 Å². The van der Waals surface area contributed by atoms with E-state index < -0.39 is 0 Å². The molecule has 0 bridgehead atoms. The van der Waals surface area contributed by atoms with Crippen molar-refractivity contribution in [2.45, 2.75) is 43.8 Å². The van der Waals surface area contributed by atoms with Crippen molar-refractivity contribution in [2.24, 2.45) is 11.7 Å². The molecule has 2 aliphatic rings. The predicted molar refractivity (Wildman–Crippen MR) is 95.4 cm³/mol. The number of benzene rings is 1. The summed E-state index contributed by atoms with van der Waals surface area (Å²) in [6.45, 7) is 2.01. The number of likely N-dealkylation sites (tertiary alicyclic amines) is 1. The van der Waals surface area contributed by atoms with Crippen molar-refractivity contribution in [2.75, 3.05) is 20.1 Å². The molecule has 0 spiro atoms.